The van der Waals surface area contributed by atoms with Crippen molar-refractivity contribution in [3.63, 3.8) is 0 Å². The third-order valence-corrected chi connectivity index (χ3v) is 7.78. The van der Waals surface area contributed by atoms with Crippen LogP contribution in [0.1, 0.15) is 78.2 Å². The molecule has 0 radical (unpaired) electrons. The van der Waals surface area contributed by atoms with E-state index in [-0.39, 0.29) is 22.4 Å². The van der Waals surface area contributed by atoms with Crippen LogP contribution < -0.4 is 4.74 Å². The Morgan fingerprint density at radius 2 is 1.51 bits per heavy atom. The Balaban J connectivity index is 2.00. The van der Waals surface area contributed by atoms with Gasteiger partial charge in [0.2, 0.25) is 0 Å². The van der Waals surface area contributed by atoms with Crippen molar-refractivity contribution in [1.29, 1.82) is 0 Å². The summed E-state index contributed by atoms with van der Waals surface area (Å²) in [5.74, 6) is 0.609. The lowest BCUT2D eigenvalue weighted by Gasteiger charge is -2.49. The van der Waals surface area contributed by atoms with Crippen molar-refractivity contribution in [2.24, 2.45) is 10.8 Å². The largest absolute Gasteiger partial charge is 0.493 e. The van der Waals surface area contributed by atoms with Gasteiger partial charge in [0.1, 0.15) is 5.75 Å². The molecule has 190 valence electrons. The lowest BCUT2D eigenvalue weighted by atomic mass is 9.63. The molecule has 0 bridgehead atoms. The first-order valence-corrected chi connectivity index (χ1v) is 13.5. The molecule has 5 nitrogen and oxygen atoms in total. The minimum Gasteiger partial charge on any atom is -0.493 e. The fraction of sp³-hybridized carbons (Fsp3) is 0.586. The number of methoxy groups -OCH3 is 1. The number of halogens is 1. The Morgan fingerprint density at radius 3 is 2.03 bits per heavy atom. The number of carbonyl (C=O) groups excluding carboxylic acids is 2. The van der Waals surface area contributed by atoms with E-state index >= 15 is 0 Å². The zero-order chi connectivity index (χ0) is 25.5. The Kier molecular flexibility index (Phi) is 7.36. The minimum atomic E-state index is -0.407. The van der Waals surface area contributed by atoms with Gasteiger partial charge in [-0.3, -0.25) is 9.59 Å². The molecule has 3 aliphatic rings. The third kappa shape index (κ3) is 5.15. The first-order valence-electron chi connectivity index (χ1n) is 12.7. The highest BCUT2D eigenvalue weighted by Gasteiger charge is 2.49. The fourth-order valence-corrected chi connectivity index (χ4v) is 6.28. The highest BCUT2D eigenvalue weighted by atomic mass is 79.9. The number of hydrogen-bond donors (Lipinski definition) is 0. The van der Waals surface area contributed by atoms with Crippen LogP contribution in [-0.4, -0.2) is 43.3 Å². The van der Waals surface area contributed by atoms with Gasteiger partial charge in [0, 0.05) is 65.0 Å². The summed E-state index contributed by atoms with van der Waals surface area (Å²) in [6.45, 7) is 12.5. The van der Waals surface area contributed by atoms with Crippen molar-refractivity contribution >= 4 is 27.5 Å². The number of nitrogens with zero attached hydrogens (tertiary/aromatic N) is 1. The number of carbonyl (C=O) groups is 2. The zero-order valence-corrected chi connectivity index (χ0v) is 23.5. The van der Waals surface area contributed by atoms with Gasteiger partial charge in [-0.15, -0.1) is 0 Å². The number of ketones is 2. The van der Waals surface area contributed by atoms with Crippen molar-refractivity contribution in [2.45, 2.75) is 72.6 Å². The second kappa shape index (κ2) is 9.85. The summed E-state index contributed by atoms with van der Waals surface area (Å²) < 4.78 is 12.6. The predicted octanol–water partition coefficient (Wildman–Crippen LogP) is 6.57. The molecule has 4 rings (SSSR count). The SMILES string of the molecule is CCCOc1ccc(Br)cc1C1C2=C(CC(C)(C)CC2=O)N(CCOC)C2=C1C(=O)CC(C)(C)C2. The molecule has 0 N–H and O–H groups in total. The molecule has 0 saturated heterocycles. The number of rotatable bonds is 7. The maximum absolute atomic E-state index is 13.9. The average Bonchev–Trinajstić information content (AvgIpc) is 2.74. The summed E-state index contributed by atoms with van der Waals surface area (Å²) >= 11 is 3.64. The van der Waals surface area contributed by atoms with E-state index in [0.717, 1.165) is 57.6 Å². The Bertz CT molecular complexity index is 1040. The van der Waals surface area contributed by atoms with E-state index < -0.39 is 5.92 Å². The van der Waals surface area contributed by atoms with Crippen LogP contribution in [0.3, 0.4) is 0 Å². The van der Waals surface area contributed by atoms with Gasteiger partial charge in [0.25, 0.3) is 0 Å². The first kappa shape index (κ1) is 26.2. The summed E-state index contributed by atoms with van der Waals surface area (Å²) in [4.78, 5) is 30.0. The van der Waals surface area contributed by atoms with Crippen LogP contribution in [0.4, 0.5) is 0 Å². The van der Waals surface area contributed by atoms with Crippen molar-refractivity contribution < 1.29 is 19.1 Å². The number of ether oxygens (including phenoxy) is 2. The van der Waals surface area contributed by atoms with Crippen LogP contribution in [0, 0.1) is 10.8 Å². The van der Waals surface area contributed by atoms with Gasteiger partial charge in [0.15, 0.2) is 11.6 Å². The van der Waals surface area contributed by atoms with Crippen molar-refractivity contribution in [1.82, 2.24) is 4.90 Å². The molecule has 1 aromatic carbocycles. The predicted molar refractivity (Wildman–Crippen MR) is 141 cm³/mol. The summed E-state index contributed by atoms with van der Waals surface area (Å²) in [7, 11) is 1.70. The minimum absolute atomic E-state index is 0.134. The first-order chi connectivity index (χ1) is 16.5. The summed E-state index contributed by atoms with van der Waals surface area (Å²) in [5, 5.41) is 0. The fourth-order valence-electron chi connectivity index (χ4n) is 5.90. The van der Waals surface area contributed by atoms with Crippen LogP contribution in [-0.2, 0) is 14.3 Å². The van der Waals surface area contributed by atoms with E-state index in [1.165, 1.54) is 0 Å². The molecule has 0 spiro atoms. The molecule has 0 fully saturated rings. The summed E-state index contributed by atoms with van der Waals surface area (Å²) in [6.07, 6.45) is 3.41. The number of hydrogen-bond acceptors (Lipinski definition) is 5. The average molecular weight is 545 g/mol. The summed E-state index contributed by atoms with van der Waals surface area (Å²) in [5.41, 5.74) is 4.27. The van der Waals surface area contributed by atoms with Gasteiger partial charge in [-0.05, 0) is 48.3 Å². The molecule has 35 heavy (non-hydrogen) atoms. The highest BCUT2D eigenvalue weighted by Crippen LogP contribution is 2.55. The monoisotopic (exact) mass is 543 g/mol. The van der Waals surface area contributed by atoms with E-state index in [1.807, 2.05) is 18.2 Å². The molecule has 0 aromatic heterocycles. The molecule has 1 aromatic rings. The molecule has 1 heterocycles. The number of benzene rings is 1. The maximum atomic E-state index is 13.9. The molecule has 6 heteroatoms. The Morgan fingerprint density at radius 1 is 0.943 bits per heavy atom. The quantitative estimate of drug-likeness (QED) is 0.389. The second-order valence-corrected chi connectivity index (χ2v) is 12.6. The maximum Gasteiger partial charge on any atom is 0.162 e. The van der Waals surface area contributed by atoms with E-state index in [0.29, 0.717) is 32.6 Å². The molecular weight excluding hydrogens is 506 g/mol. The van der Waals surface area contributed by atoms with E-state index in [9.17, 15) is 9.59 Å². The smallest absolute Gasteiger partial charge is 0.162 e. The van der Waals surface area contributed by atoms with Crippen LogP contribution in [0.2, 0.25) is 0 Å². The standard InChI is InChI=1S/C29H38BrNO4/c1-7-11-35-24-9-8-18(30)13-19(24)25-26-20(14-28(2,3)16-22(26)32)31(10-12-34-6)21-15-29(4,5)17-23(33)27(21)25/h8-9,13,25H,7,10-12,14-17H2,1-6H3. The van der Waals surface area contributed by atoms with E-state index in [1.54, 1.807) is 7.11 Å². The zero-order valence-electron chi connectivity index (χ0n) is 21.9. The highest BCUT2D eigenvalue weighted by molar-refractivity contribution is 9.10. The van der Waals surface area contributed by atoms with Gasteiger partial charge in [-0.2, -0.15) is 0 Å². The molecule has 0 amide bonds. The number of allylic oxidation sites excluding steroid dienone is 4. The van der Waals surface area contributed by atoms with Crippen molar-refractivity contribution in [2.75, 3.05) is 26.9 Å². The van der Waals surface area contributed by atoms with Crippen LogP contribution in [0.25, 0.3) is 0 Å². The summed E-state index contributed by atoms with van der Waals surface area (Å²) in [6, 6.07) is 5.96. The van der Waals surface area contributed by atoms with Crippen LogP contribution in [0.15, 0.2) is 45.2 Å². The van der Waals surface area contributed by atoms with Crippen molar-refractivity contribution in [3.8, 4) is 5.75 Å². The molecule has 0 unspecified atom stereocenters. The third-order valence-electron chi connectivity index (χ3n) is 7.29. The topological polar surface area (TPSA) is 55.8 Å². The van der Waals surface area contributed by atoms with Crippen molar-refractivity contribution in [3.05, 3.63) is 50.8 Å². The molecule has 2 aliphatic carbocycles. The van der Waals surface area contributed by atoms with Crippen LogP contribution >= 0.6 is 15.9 Å². The molecule has 0 saturated carbocycles. The normalized spacial score (nSPS) is 21.9. The van der Waals surface area contributed by atoms with Gasteiger partial charge in [-0.1, -0.05) is 50.5 Å². The molecule has 0 atom stereocenters. The van der Waals surface area contributed by atoms with Gasteiger partial charge < -0.3 is 14.4 Å². The Labute approximate surface area is 218 Å². The van der Waals surface area contributed by atoms with Gasteiger partial charge in [0.05, 0.1) is 13.2 Å². The molecular formula is C29H38BrNO4. The Hall–Kier alpha value is -1.92. The molecule has 1 aliphatic heterocycles. The lowest BCUT2D eigenvalue weighted by Crippen LogP contribution is -2.45. The van der Waals surface area contributed by atoms with Crippen LogP contribution in [0.5, 0.6) is 5.75 Å². The second-order valence-electron chi connectivity index (χ2n) is 11.7. The van der Waals surface area contributed by atoms with Gasteiger partial charge in [-0.25, -0.2) is 0 Å². The van der Waals surface area contributed by atoms with Gasteiger partial charge >= 0.3 is 0 Å². The number of Topliss-reactive ketones (excluding diaryl/α,β-unsaturated/α-hetero) is 2. The van der Waals surface area contributed by atoms with E-state index in [2.05, 4.69) is 55.4 Å². The van der Waals surface area contributed by atoms with E-state index in [4.69, 9.17) is 9.47 Å². The lowest BCUT2D eigenvalue weighted by molar-refractivity contribution is -0.119.